The zero-order chi connectivity index (χ0) is 20.0. The second kappa shape index (κ2) is 8.84. The van der Waals surface area contributed by atoms with Crippen molar-refractivity contribution < 1.29 is 22.7 Å². The molecule has 0 saturated carbocycles. The zero-order valence-electron chi connectivity index (χ0n) is 15.0. The number of pyridine rings is 1. The lowest BCUT2D eigenvalue weighted by Crippen LogP contribution is -2.25. The lowest BCUT2D eigenvalue weighted by molar-refractivity contribution is -0.176. The molecule has 146 valence electrons. The zero-order valence-corrected chi connectivity index (χ0v) is 15.0. The second-order valence-electron chi connectivity index (χ2n) is 6.30. The van der Waals surface area contributed by atoms with Gasteiger partial charge in [0.1, 0.15) is 6.61 Å². The second-order valence-corrected chi connectivity index (χ2v) is 6.30. The molecule has 0 aliphatic carbocycles. The number of fused-ring (bicyclic) bond motifs is 1. The molecule has 0 spiro atoms. The third-order valence-electron chi connectivity index (χ3n) is 4.15. The van der Waals surface area contributed by atoms with Crippen LogP contribution in [-0.2, 0) is 17.8 Å². The molecule has 0 bridgehead atoms. The number of carbonyl (C=O) groups is 1. The summed E-state index contributed by atoms with van der Waals surface area (Å²) in [5.41, 5.74) is 2.98. The lowest BCUT2D eigenvalue weighted by atomic mass is 10.1. The Morgan fingerprint density at radius 3 is 2.54 bits per heavy atom. The highest BCUT2D eigenvalue weighted by Gasteiger charge is 2.27. The van der Waals surface area contributed by atoms with Gasteiger partial charge in [-0.15, -0.1) is 0 Å². The van der Waals surface area contributed by atoms with E-state index in [9.17, 15) is 18.0 Å². The molecule has 1 N–H and O–H groups in total. The number of carbonyl (C=O) groups excluding carboxylic acids is 1. The fourth-order valence-corrected chi connectivity index (χ4v) is 2.82. The number of nitrogens with one attached hydrogen (secondary N) is 1. The molecule has 3 aromatic rings. The van der Waals surface area contributed by atoms with Gasteiger partial charge in [-0.1, -0.05) is 36.4 Å². The molecule has 0 unspecified atom stereocenters. The Bertz CT molecular complexity index is 935. The molecule has 1 heterocycles. The highest BCUT2D eigenvalue weighted by atomic mass is 19.4. The van der Waals surface area contributed by atoms with E-state index >= 15 is 0 Å². The van der Waals surface area contributed by atoms with Gasteiger partial charge in [-0.25, -0.2) is 0 Å². The van der Waals surface area contributed by atoms with E-state index in [1.807, 2.05) is 30.3 Å². The number of amides is 1. The van der Waals surface area contributed by atoms with E-state index in [1.54, 1.807) is 30.5 Å². The monoisotopic (exact) mass is 388 g/mol. The van der Waals surface area contributed by atoms with Crippen molar-refractivity contribution in [1.29, 1.82) is 0 Å². The van der Waals surface area contributed by atoms with Crippen LogP contribution in [0.2, 0.25) is 0 Å². The van der Waals surface area contributed by atoms with Crippen LogP contribution in [0.25, 0.3) is 10.9 Å². The van der Waals surface area contributed by atoms with Crippen molar-refractivity contribution in [1.82, 2.24) is 10.3 Å². The average Bonchev–Trinajstić information content (AvgIpc) is 2.67. The topological polar surface area (TPSA) is 51.2 Å². The summed E-state index contributed by atoms with van der Waals surface area (Å²) in [6.07, 6.45) is -1.96. The van der Waals surface area contributed by atoms with Crippen LogP contribution < -0.4 is 5.32 Å². The molecule has 3 rings (SSSR count). The fourth-order valence-electron chi connectivity index (χ4n) is 2.82. The van der Waals surface area contributed by atoms with Crippen molar-refractivity contribution in [3.63, 3.8) is 0 Å². The number of halogens is 3. The van der Waals surface area contributed by atoms with Gasteiger partial charge in [0.05, 0.1) is 12.1 Å². The molecular weight excluding hydrogens is 369 g/mol. The van der Waals surface area contributed by atoms with Crippen LogP contribution in [0.5, 0.6) is 0 Å². The number of aromatic nitrogens is 1. The van der Waals surface area contributed by atoms with Crippen molar-refractivity contribution in [2.24, 2.45) is 0 Å². The van der Waals surface area contributed by atoms with Crippen molar-refractivity contribution in [3.05, 3.63) is 77.5 Å². The number of alkyl halides is 3. The minimum Gasteiger partial charge on any atom is -0.367 e. The van der Waals surface area contributed by atoms with Gasteiger partial charge in [0.15, 0.2) is 0 Å². The van der Waals surface area contributed by atoms with E-state index in [4.69, 9.17) is 0 Å². The summed E-state index contributed by atoms with van der Waals surface area (Å²) in [5.74, 6) is -0.240. The van der Waals surface area contributed by atoms with Gasteiger partial charge >= 0.3 is 6.18 Å². The minimum atomic E-state index is -4.35. The number of benzene rings is 2. The predicted molar refractivity (Wildman–Crippen MR) is 99.9 cm³/mol. The molecule has 2 aromatic carbocycles. The molecule has 1 aromatic heterocycles. The largest absolute Gasteiger partial charge is 0.411 e. The third kappa shape index (κ3) is 5.53. The van der Waals surface area contributed by atoms with Crippen LogP contribution in [0.3, 0.4) is 0 Å². The van der Waals surface area contributed by atoms with E-state index in [1.165, 1.54) is 0 Å². The Hall–Kier alpha value is -2.93. The molecule has 28 heavy (non-hydrogen) atoms. The van der Waals surface area contributed by atoms with Gasteiger partial charge in [-0.2, -0.15) is 13.2 Å². The molecule has 4 nitrogen and oxygen atoms in total. The van der Waals surface area contributed by atoms with E-state index in [-0.39, 0.29) is 12.5 Å². The number of hydrogen-bond donors (Lipinski definition) is 1. The molecule has 0 aliphatic heterocycles. The van der Waals surface area contributed by atoms with Crippen LogP contribution in [0, 0.1) is 0 Å². The number of hydrogen-bond acceptors (Lipinski definition) is 3. The lowest BCUT2D eigenvalue weighted by Gasteiger charge is -2.09. The standard InChI is InChI=1S/C21H19F3N2O2/c22-21(23,24)14-28-13-15-6-8-18(9-7-15)20(27)26-12-10-17-4-1-3-16-5-2-11-25-19(16)17/h1-9,11H,10,12-14H2,(H,26,27). The predicted octanol–water partition coefficient (Wildman–Crippen LogP) is 4.29. The van der Waals surface area contributed by atoms with Gasteiger partial charge in [0.2, 0.25) is 0 Å². The maximum absolute atomic E-state index is 12.2. The Labute approximate surface area is 160 Å². The first-order valence-corrected chi connectivity index (χ1v) is 8.77. The van der Waals surface area contributed by atoms with Crippen LogP contribution in [0.15, 0.2) is 60.8 Å². The third-order valence-corrected chi connectivity index (χ3v) is 4.15. The highest BCUT2D eigenvalue weighted by molar-refractivity contribution is 5.94. The first-order valence-electron chi connectivity index (χ1n) is 8.77. The average molecular weight is 388 g/mol. The van der Waals surface area contributed by atoms with E-state index in [2.05, 4.69) is 15.0 Å². The van der Waals surface area contributed by atoms with Gasteiger partial charge in [-0.05, 0) is 35.7 Å². The van der Waals surface area contributed by atoms with Crippen LogP contribution in [0.1, 0.15) is 21.5 Å². The summed E-state index contributed by atoms with van der Waals surface area (Å²) in [5, 5.41) is 3.90. The summed E-state index contributed by atoms with van der Waals surface area (Å²) < 4.78 is 40.8. The summed E-state index contributed by atoms with van der Waals surface area (Å²) in [7, 11) is 0. The molecule has 0 atom stereocenters. The molecule has 0 aliphatic rings. The van der Waals surface area contributed by atoms with Gasteiger partial charge in [0, 0.05) is 23.7 Å². The Morgan fingerprint density at radius 2 is 1.79 bits per heavy atom. The Morgan fingerprint density at radius 1 is 1.04 bits per heavy atom. The van der Waals surface area contributed by atoms with E-state index < -0.39 is 12.8 Å². The fraction of sp³-hybridized carbons (Fsp3) is 0.238. The smallest absolute Gasteiger partial charge is 0.367 e. The Kier molecular flexibility index (Phi) is 6.26. The molecular formula is C21H19F3N2O2. The maximum atomic E-state index is 12.2. The quantitative estimate of drug-likeness (QED) is 0.657. The first-order chi connectivity index (χ1) is 13.4. The summed E-state index contributed by atoms with van der Waals surface area (Å²) in [6, 6.07) is 16.1. The van der Waals surface area contributed by atoms with Crippen molar-refractivity contribution in [2.75, 3.05) is 13.2 Å². The summed E-state index contributed by atoms with van der Waals surface area (Å²) >= 11 is 0. The van der Waals surface area contributed by atoms with Crippen LogP contribution >= 0.6 is 0 Å². The number of rotatable bonds is 7. The summed E-state index contributed by atoms with van der Waals surface area (Å²) in [4.78, 5) is 16.6. The number of nitrogens with zero attached hydrogens (tertiary/aromatic N) is 1. The highest BCUT2D eigenvalue weighted by Crippen LogP contribution is 2.17. The van der Waals surface area contributed by atoms with Gasteiger partial charge < -0.3 is 10.1 Å². The summed E-state index contributed by atoms with van der Waals surface area (Å²) in [6.45, 7) is -1.00. The maximum Gasteiger partial charge on any atom is 0.411 e. The van der Waals surface area contributed by atoms with Gasteiger partial charge in [-0.3, -0.25) is 9.78 Å². The van der Waals surface area contributed by atoms with Crippen molar-refractivity contribution >= 4 is 16.8 Å². The molecule has 0 radical (unpaired) electrons. The van der Waals surface area contributed by atoms with Crippen molar-refractivity contribution in [2.45, 2.75) is 19.2 Å². The Balaban J connectivity index is 1.51. The van der Waals surface area contributed by atoms with E-state index in [0.29, 0.717) is 24.1 Å². The number of para-hydroxylation sites is 1. The molecule has 1 amide bonds. The molecule has 0 fully saturated rings. The molecule has 0 saturated heterocycles. The molecule has 7 heteroatoms. The van der Waals surface area contributed by atoms with Crippen LogP contribution in [0.4, 0.5) is 13.2 Å². The van der Waals surface area contributed by atoms with E-state index in [0.717, 1.165) is 16.5 Å². The van der Waals surface area contributed by atoms with Crippen LogP contribution in [-0.4, -0.2) is 30.2 Å². The van der Waals surface area contributed by atoms with Crippen molar-refractivity contribution in [3.8, 4) is 0 Å². The SMILES string of the molecule is O=C(NCCc1cccc2cccnc12)c1ccc(COCC(F)(F)F)cc1. The minimum absolute atomic E-state index is 0.157. The first kappa shape index (κ1) is 19.8. The normalized spacial score (nSPS) is 11.5. The van der Waals surface area contributed by atoms with Gasteiger partial charge in [0.25, 0.3) is 5.91 Å². The number of ether oxygens (including phenoxy) is 1.